The van der Waals surface area contributed by atoms with Gasteiger partial charge >= 0.3 is 5.97 Å². The van der Waals surface area contributed by atoms with E-state index >= 15 is 0 Å². The van der Waals surface area contributed by atoms with Gasteiger partial charge in [-0.1, -0.05) is 6.07 Å². The highest BCUT2D eigenvalue weighted by Crippen LogP contribution is 2.13. The standard InChI is InChI=1S/C15H17F2N3O3/c1-3-20-14(19)12(8(2)18)15(22)23-7-11(21)13-9(16)5-4-6-10(13)17/h4-6H,3,7,18H2,1-2H3,(H2,19,20). The molecule has 0 radical (unpaired) electrons. The van der Waals surface area contributed by atoms with Crippen LogP contribution in [0.25, 0.3) is 0 Å². The Balaban J connectivity index is 2.89. The van der Waals surface area contributed by atoms with Crippen LogP contribution >= 0.6 is 0 Å². The zero-order valence-corrected chi connectivity index (χ0v) is 12.7. The summed E-state index contributed by atoms with van der Waals surface area (Å²) in [5.74, 6) is -4.23. The Kier molecular flexibility index (Phi) is 6.37. The molecule has 1 aromatic carbocycles. The third kappa shape index (κ3) is 4.60. The average molecular weight is 325 g/mol. The number of halogens is 2. The topological polar surface area (TPSA) is 108 Å². The maximum atomic E-state index is 13.5. The molecule has 0 saturated heterocycles. The third-order valence-electron chi connectivity index (χ3n) is 2.76. The van der Waals surface area contributed by atoms with E-state index in [9.17, 15) is 18.4 Å². The summed E-state index contributed by atoms with van der Waals surface area (Å²) in [6.45, 7) is 2.57. The Hall–Kier alpha value is -2.77. The van der Waals surface area contributed by atoms with Crippen molar-refractivity contribution in [1.82, 2.24) is 0 Å². The van der Waals surface area contributed by atoms with Crippen molar-refractivity contribution < 1.29 is 23.1 Å². The molecule has 0 heterocycles. The van der Waals surface area contributed by atoms with E-state index in [0.717, 1.165) is 18.2 Å². The molecule has 0 unspecified atom stereocenters. The predicted molar refractivity (Wildman–Crippen MR) is 80.7 cm³/mol. The maximum Gasteiger partial charge on any atom is 0.344 e. The Morgan fingerprint density at radius 3 is 2.26 bits per heavy atom. The second-order valence-corrected chi connectivity index (χ2v) is 4.51. The number of Topliss-reactive ketones (excluding diaryl/α,β-unsaturated/α-hetero) is 1. The number of nitrogens with zero attached hydrogens (tertiary/aromatic N) is 1. The molecule has 0 atom stereocenters. The van der Waals surface area contributed by atoms with Crippen LogP contribution in [0.1, 0.15) is 24.2 Å². The van der Waals surface area contributed by atoms with Crippen molar-refractivity contribution in [2.24, 2.45) is 16.5 Å². The molecule has 0 aliphatic rings. The molecule has 124 valence electrons. The van der Waals surface area contributed by atoms with E-state index in [1.54, 1.807) is 6.92 Å². The Bertz CT molecular complexity index is 660. The molecule has 0 aromatic heterocycles. The van der Waals surface area contributed by atoms with Gasteiger partial charge in [0.05, 0.1) is 5.56 Å². The quantitative estimate of drug-likeness (QED) is 0.269. The summed E-state index contributed by atoms with van der Waals surface area (Å²) in [6, 6.07) is 2.98. The van der Waals surface area contributed by atoms with Crippen molar-refractivity contribution in [3.05, 3.63) is 46.7 Å². The van der Waals surface area contributed by atoms with Crippen molar-refractivity contribution in [3.63, 3.8) is 0 Å². The second-order valence-electron chi connectivity index (χ2n) is 4.51. The van der Waals surface area contributed by atoms with Crippen LogP contribution in [0, 0.1) is 11.6 Å². The van der Waals surface area contributed by atoms with Gasteiger partial charge in [-0.05, 0) is 26.0 Å². The largest absolute Gasteiger partial charge is 0.454 e. The molecular weight excluding hydrogens is 308 g/mol. The average Bonchev–Trinajstić information content (AvgIpc) is 2.45. The summed E-state index contributed by atoms with van der Waals surface area (Å²) in [5, 5.41) is 0. The van der Waals surface area contributed by atoms with Gasteiger partial charge in [-0.3, -0.25) is 9.79 Å². The second kappa shape index (κ2) is 8.02. The molecule has 23 heavy (non-hydrogen) atoms. The van der Waals surface area contributed by atoms with Gasteiger partial charge in [0.15, 0.2) is 6.61 Å². The normalized spacial score (nSPS) is 12.6. The van der Waals surface area contributed by atoms with Gasteiger partial charge in [-0.2, -0.15) is 0 Å². The number of amidine groups is 1. The molecule has 1 aromatic rings. The Labute approximate surface area is 131 Å². The van der Waals surface area contributed by atoms with Crippen LogP contribution in [0.4, 0.5) is 8.78 Å². The van der Waals surface area contributed by atoms with Crippen LogP contribution < -0.4 is 11.5 Å². The number of ketones is 1. The Morgan fingerprint density at radius 2 is 1.78 bits per heavy atom. The number of rotatable bonds is 6. The van der Waals surface area contributed by atoms with E-state index < -0.39 is 35.6 Å². The van der Waals surface area contributed by atoms with Gasteiger partial charge < -0.3 is 16.2 Å². The Morgan fingerprint density at radius 1 is 1.22 bits per heavy atom. The van der Waals surface area contributed by atoms with Gasteiger partial charge in [0.2, 0.25) is 5.78 Å². The van der Waals surface area contributed by atoms with E-state index in [1.807, 2.05) is 0 Å². The zero-order chi connectivity index (χ0) is 17.6. The molecule has 0 fully saturated rings. The summed E-state index contributed by atoms with van der Waals surface area (Å²) in [7, 11) is 0. The highest BCUT2D eigenvalue weighted by Gasteiger charge is 2.22. The minimum atomic E-state index is -1.04. The summed E-state index contributed by atoms with van der Waals surface area (Å²) in [4.78, 5) is 27.6. The lowest BCUT2D eigenvalue weighted by atomic mass is 10.1. The fourth-order valence-electron chi connectivity index (χ4n) is 1.76. The van der Waals surface area contributed by atoms with Gasteiger partial charge in [-0.15, -0.1) is 0 Å². The van der Waals surface area contributed by atoms with Gasteiger partial charge in [0.25, 0.3) is 0 Å². The number of aliphatic imine (C=N–C) groups is 1. The molecule has 1 rings (SSSR count). The minimum absolute atomic E-state index is 0.0502. The molecule has 0 aliphatic heterocycles. The molecule has 0 bridgehead atoms. The number of hydrogen-bond donors (Lipinski definition) is 2. The van der Waals surface area contributed by atoms with Gasteiger partial charge in [0.1, 0.15) is 23.0 Å². The van der Waals surface area contributed by atoms with Crippen molar-refractivity contribution in [3.8, 4) is 0 Å². The number of esters is 1. The predicted octanol–water partition coefficient (Wildman–Crippen LogP) is 1.30. The fraction of sp³-hybridized carbons (Fsp3) is 0.267. The first-order valence-electron chi connectivity index (χ1n) is 6.70. The summed E-state index contributed by atoms with van der Waals surface area (Å²) < 4.78 is 31.7. The van der Waals surface area contributed by atoms with Crippen molar-refractivity contribution >= 4 is 17.6 Å². The van der Waals surface area contributed by atoms with Gasteiger partial charge in [0, 0.05) is 12.2 Å². The fourth-order valence-corrected chi connectivity index (χ4v) is 1.76. The molecule has 0 amide bonds. The van der Waals surface area contributed by atoms with Crippen LogP contribution in [0.2, 0.25) is 0 Å². The van der Waals surface area contributed by atoms with Crippen molar-refractivity contribution in [2.75, 3.05) is 13.2 Å². The van der Waals surface area contributed by atoms with Gasteiger partial charge in [-0.25, -0.2) is 13.6 Å². The molecule has 0 aliphatic carbocycles. The summed E-state index contributed by atoms with van der Waals surface area (Å²) in [5.41, 5.74) is 10.2. The van der Waals surface area contributed by atoms with E-state index in [0.29, 0.717) is 6.54 Å². The molecule has 6 nitrogen and oxygen atoms in total. The highest BCUT2D eigenvalue weighted by atomic mass is 19.1. The molecule has 8 heteroatoms. The van der Waals surface area contributed by atoms with Crippen molar-refractivity contribution in [2.45, 2.75) is 13.8 Å². The van der Waals surface area contributed by atoms with Crippen LogP contribution in [0.15, 0.2) is 34.5 Å². The van der Waals surface area contributed by atoms with E-state index in [-0.39, 0.29) is 17.1 Å². The first kappa shape index (κ1) is 18.3. The number of nitrogens with two attached hydrogens (primary N) is 2. The zero-order valence-electron chi connectivity index (χ0n) is 12.7. The van der Waals surface area contributed by atoms with E-state index in [4.69, 9.17) is 16.2 Å². The monoisotopic (exact) mass is 325 g/mol. The first-order chi connectivity index (χ1) is 10.8. The number of hydrogen-bond acceptors (Lipinski definition) is 5. The summed E-state index contributed by atoms with van der Waals surface area (Å²) >= 11 is 0. The minimum Gasteiger partial charge on any atom is -0.454 e. The van der Waals surface area contributed by atoms with E-state index in [2.05, 4.69) is 4.99 Å². The maximum absolute atomic E-state index is 13.5. The lowest BCUT2D eigenvalue weighted by Gasteiger charge is -2.10. The molecular formula is C15H17F2N3O3. The SMILES string of the molecule is CCN=C(N)C(C(=O)OCC(=O)c1c(F)cccc1F)=C(C)N. The van der Waals surface area contributed by atoms with Crippen LogP contribution in [-0.2, 0) is 9.53 Å². The van der Waals surface area contributed by atoms with Crippen LogP contribution in [0.5, 0.6) is 0 Å². The summed E-state index contributed by atoms with van der Waals surface area (Å²) in [6.07, 6.45) is 0. The number of allylic oxidation sites excluding steroid dienone is 1. The smallest absolute Gasteiger partial charge is 0.344 e. The van der Waals surface area contributed by atoms with Crippen molar-refractivity contribution in [1.29, 1.82) is 0 Å². The third-order valence-corrected chi connectivity index (χ3v) is 2.76. The first-order valence-corrected chi connectivity index (χ1v) is 6.70. The number of carbonyl (C=O) groups is 2. The molecule has 0 spiro atoms. The lowest BCUT2D eigenvalue weighted by Crippen LogP contribution is -2.28. The van der Waals surface area contributed by atoms with Crippen LogP contribution in [0.3, 0.4) is 0 Å². The molecule has 0 saturated carbocycles. The van der Waals surface area contributed by atoms with E-state index in [1.165, 1.54) is 6.92 Å². The lowest BCUT2D eigenvalue weighted by molar-refractivity contribution is -0.137. The number of ether oxygens (including phenoxy) is 1. The number of benzene rings is 1. The number of carbonyl (C=O) groups excluding carboxylic acids is 2. The highest BCUT2D eigenvalue weighted by molar-refractivity contribution is 6.19. The molecule has 4 N–H and O–H groups in total. The van der Waals surface area contributed by atoms with Crippen LogP contribution in [-0.4, -0.2) is 30.7 Å².